The predicted molar refractivity (Wildman–Crippen MR) is 110 cm³/mol. The van der Waals surface area contributed by atoms with E-state index in [9.17, 15) is 24.0 Å². The van der Waals surface area contributed by atoms with Crippen molar-refractivity contribution in [1.29, 1.82) is 0 Å². The Bertz CT molecular complexity index is 1160. The Labute approximate surface area is 177 Å². The average molecular weight is 416 g/mol. The molecule has 0 saturated carbocycles. The zero-order chi connectivity index (χ0) is 22.1. The van der Waals surface area contributed by atoms with Gasteiger partial charge < -0.3 is 4.74 Å². The molecule has 8 nitrogen and oxygen atoms in total. The molecule has 0 radical (unpaired) electrons. The number of anilines is 2. The molecule has 2 aliphatic heterocycles. The molecule has 2 aromatic rings. The van der Waals surface area contributed by atoms with Gasteiger partial charge in [0.05, 0.1) is 16.9 Å². The third-order valence-electron chi connectivity index (χ3n) is 4.85. The molecule has 4 amide bonds. The summed E-state index contributed by atoms with van der Waals surface area (Å²) in [4.78, 5) is 62.2. The Morgan fingerprint density at radius 2 is 1.32 bits per heavy atom. The summed E-state index contributed by atoms with van der Waals surface area (Å²) in [6.45, 7) is 1.80. The number of benzene rings is 2. The summed E-state index contributed by atoms with van der Waals surface area (Å²) in [6, 6.07) is 11.9. The SMILES string of the molecule is CCC1=CC(=O)N(c2ccc(OC(=O)c3ccc(N4C(=O)C=CC4=O)cc3)cc2)C1=O. The summed E-state index contributed by atoms with van der Waals surface area (Å²) < 4.78 is 5.32. The molecule has 0 fully saturated rings. The fourth-order valence-electron chi connectivity index (χ4n) is 3.25. The number of hydrogen-bond acceptors (Lipinski definition) is 6. The minimum absolute atomic E-state index is 0.224. The highest BCUT2D eigenvalue weighted by Gasteiger charge is 2.31. The summed E-state index contributed by atoms with van der Waals surface area (Å²) in [5, 5.41) is 0. The van der Waals surface area contributed by atoms with Gasteiger partial charge in [0.15, 0.2) is 0 Å². The molecule has 0 aliphatic carbocycles. The molecule has 2 aromatic carbocycles. The fourth-order valence-corrected chi connectivity index (χ4v) is 3.25. The second-order valence-electron chi connectivity index (χ2n) is 6.78. The molecular formula is C23H16N2O6. The maximum absolute atomic E-state index is 12.4. The van der Waals surface area contributed by atoms with Crippen molar-refractivity contribution < 1.29 is 28.7 Å². The molecule has 0 bridgehead atoms. The molecule has 0 N–H and O–H groups in total. The van der Waals surface area contributed by atoms with Crippen molar-refractivity contribution in [3.8, 4) is 5.75 Å². The monoisotopic (exact) mass is 416 g/mol. The topological polar surface area (TPSA) is 101 Å². The van der Waals surface area contributed by atoms with E-state index in [0.717, 1.165) is 9.80 Å². The zero-order valence-electron chi connectivity index (χ0n) is 16.4. The van der Waals surface area contributed by atoms with Crippen molar-refractivity contribution >= 4 is 41.0 Å². The molecule has 0 saturated heterocycles. The van der Waals surface area contributed by atoms with Crippen LogP contribution in [0.4, 0.5) is 11.4 Å². The van der Waals surface area contributed by atoms with Crippen LogP contribution in [-0.4, -0.2) is 29.6 Å². The second-order valence-corrected chi connectivity index (χ2v) is 6.78. The first-order valence-electron chi connectivity index (χ1n) is 9.46. The van der Waals surface area contributed by atoms with Crippen molar-refractivity contribution in [1.82, 2.24) is 0 Å². The molecule has 2 heterocycles. The molecule has 0 unspecified atom stereocenters. The Balaban J connectivity index is 1.43. The number of nitrogens with zero attached hydrogens (tertiary/aromatic N) is 2. The number of carbonyl (C=O) groups excluding carboxylic acids is 5. The number of rotatable bonds is 5. The van der Waals surface area contributed by atoms with Crippen LogP contribution in [-0.2, 0) is 19.2 Å². The number of hydrogen-bond donors (Lipinski definition) is 0. The standard InChI is InChI=1S/C23H16N2O6/c1-2-14-13-21(28)25(22(14)29)17-7-9-18(10-8-17)31-23(30)15-3-5-16(6-4-15)24-19(26)11-12-20(24)27/h3-13H,2H2,1H3. The van der Waals surface area contributed by atoms with E-state index in [1.807, 2.05) is 0 Å². The number of amides is 4. The van der Waals surface area contributed by atoms with Gasteiger partial charge in [0.25, 0.3) is 23.6 Å². The minimum Gasteiger partial charge on any atom is -0.423 e. The van der Waals surface area contributed by atoms with Gasteiger partial charge >= 0.3 is 5.97 Å². The zero-order valence-corrected chi connectivity index (χ0v) is 16.4. The molecule has 31 heavy (non-hydrogen) atoms. The predicted octanol–water partition coefficient (Wildman–Crippen LogP) is 2.54. The van der Waals surface area contributed by atoms with Crippen LogP contribution < -0.4 is 14.5 Å². The van der Waals surface area contributed by atoms with Crippen molar-refractivity contribution in [3.63, 3.8) is 0 Å². The average Bonchev–Trinajstić information content (AvgIpc) is 3.26. The first kappa shape index (κ1) is 20.0. The fraction of sp³-hybridized carbons (Fsp3) is 0.0870. The van der Waals surface area contributed by atoms with Crippen LogP contribution >= 0.6 is 0 Å². The van der Waals surface area contributed by atoms with E-state index in [4.69, 9.17) is 4.74 Å². The van der Waals surface area contributed by atoms with Crippen LogP contribution in [0.3, 0.4) is 0 Å². The number of ether oxygens (including phenoxy) is 1. The molecule has 8 heteroatoms. The molecule has 2 aliphatic rings. The molecule has 0 atom stereocenters. The summed E-state index contributed by atoms with van der Waals surface area (Å²) in [6.07, 6.45) is 4.14. The third-order valence-corrected chi connectivity index (χ3v) is 4.85. The van der Waals surface area contributed by atoms with E-state index in [1.54, 1.807) is 6.92 Å². The van der Waals surface area contributed by atoms with E-state index in [2.05, 4.69) is 0 Å². The Morgan fingerprint density at radius 3 is 1.87 bits per heavy atom. The Hall–Kier alpha value is -4.33. The van der Waals surface area contributed by atoms with Crippen molar-refractivity contribution in [2.45, 2.75) is 13.3 Å². The highest BCUT2D eigenvalue weighted by Crippen LogP contribution is 2.26. The highest BCUT2D eigenvalue weighted by atomic mass is 16.5. The van der Waals surface area contributed by atoms with Gasteiger partial charge in [-0.25, -0.2) is 14.6 Å². The lowest BCUT2D eigenvalue weighted by Gasteiger charge is -2.15. The maximum atomic E-state index is 12.4. The van der Waals surface area contributed by atoms with Crippen LogP contribution in [0.2, 0.25) is 0 Å². The van der Waals surface area contributed by atoms with Crippen molar-refractivity contribution in [3.05, 3.63) is 77.9 Å². The quantitative estimate of drug-likeness (QED) is 0.422. The largest absolute Gasteiger partial charge is 0.423 e. The van der Waals surface area contributed by atoms with Gasteiger partial charge in [0.2, 0.25) is 0 Å². The van der Waals surface area contributed by atoms with Gasteiger partial charge in [-0.3, -0.25) is 19.2 Å². The van der Waals surface area contributed by atoms with Gasteiger partial charge in [0, 0.05) is 23.8 Å². The van der Waals surface area contributed by atoms with Crippen LogP contribution in [0.1, 0.15) is 23.7 Å². The first-order valence-corrected chi connectivity index (χ1v) is 9.46. The van der Waals surface area contributed by atoms with Gasteiger partial charge in [-0.15, -0.1) is 0 Å². The summed E-state index contributed by atoms with van der Waals surface area (Å²) in [7, 11) is 0. The maximum Gasteiger partial charge on any atom is 0.343 e. The molecule has 4 rings (SSSR count). The smallest absolute Gasteiger partial charge is 0.343 e. The van der Waals surface area contributed by atoms with Crippen molar-refractivity contribution in [2.75, 3.05) is 9.80 Å². The first-order chi connectivity index (χ1) is 14.9. The van der Waals surface area contributed by atoms with Crippen LogP contribution in [0.25, 0.3) is 0 Å². The molecule has 154 valence electrons. The van der Waals surface area contributed by atoms with Gasteiger partial charge in [0.1, 0.15) is 5.75 Å². The van der Waals surface area contributed by atoms with E-state index in [1.165, 1.54) is 66.8 Å². The van der Waals surface area contributed by atoms with Crippen LogP contribution in [0.5, 0.6) is 5.75 Å². The Morgan fingerprint density at radius 1 is 0.774 bits per heavy atom. The van der Waals surface area contributed by atoms with E-state index >= 15 is 0 Å². The van der Waals surface area contributed by atoms with Gasteiger partial charge in [-0.05, 0) is 55.0 Å². The van der Waals surface area contributed by atoms with E-state index < -0.39 is 23.7 Å². The molecule has 0 aromatic heterocycles. The van der Waals surface area contributed by atoms with E-state index in [-0.39, 0.29) is 17.2 Å². The van der Waals surface area contributed by atoms with Gasteiger partial charge in [-0.1, -0.05) is 6.92 Å². The Kier molecular flexibility index (Phi) is 5.04. The van der Waals surface area contributed by atoms with Crippen LogP contribution in [0.15, 0.2) is 72.3 Å². The highest BCUT2D eigenvalue weighted by molar-refractivity contribution is 6.30. The lowest BCUT2D eigenvalue weighted by Crippen LogP contribution is -2.30. The number of carbonyl (C=O) groups is 5. The van der Waals surface area contributed by atoms with Gasteiger partial charge in [-0.2, -0.15) is 0 Å². The third kappa shape index (κ3) is 3.66. The number of esters is 1. The number of imide groups is 2. The summed E-state index contributed by atoms with van der Waals surface area (Å²) in [5.41, 5.74) is 1.40. The van der Waals surface area contributed by atoms with Crippen molar-refractivity contribution in [2.24, 2.45) is 0 Å². The lowest BCUT2D eigenvalue weighted by molar-refractivity contribution is -0.121. The second kappa shape index (κ2) is 7.83. The molecule has 0 spiro atoms. The summed E-state index contributed by atoms with van der Waals surface area (Å²) >= 11 is 0. The van der Waals surface area contributed by atoms with Crippen LogP contribution in [0, 0.1) is 0 Å². The van der Waals surface area contributed by atoms with E-state index in [0.29, 0.717) is 23.4 Å². The molecular weight excluding hydrogens is 400 g/mol. The normalized spacial score (nSPS) is 15.7. The lowest BCUT2D eigenvalue weighted by atomic mass is 10.2. The minimum atomic E-state index is -0.639. The summed E-state index contributed by atoms with van der Waals surface area (Å²) in [5.74, 6) is -2.07.